The van der Waals surface area contributed by atoms with Crippen LogP contribution in [0.2, 0.25) is 0 Å². The van der Waals surface area contributed by atoms with Crippen LogP contribution in [0.3, 0.4) is 0 Å². The second-order valence-electron chi connectivity index (χ2n) is 7.05. The first-order valence-electron chi connectivity index (χ1n) is 10.1. The van der Waals surface area contributed by atoms with Gasteiger partial charge in [0.1, 0.15) is 17.6 Å². The van der Waals surface area contributed by atoms with Crippen LogP contribution in [0, 0.1) is 0 Å². The molecule has 0 saturated heterocycles. The van der Waals surface area contributed by atoms with E-state index in [1.165, 1.54) is 10.7 Å². The Bertz CT molecular complexity index is 1230. The molecule has 0 radical (unpaired) electrons. The number of aromatic amines is 1. The number of fused-ring (bicyclic) bond motifs is 1. The minimum atomic E-state index is -0.778. The number of rotatable bonds is 7. The number of nitrogens with one attached hydrogen (secondary N) is 2. The standard InChI is InChI=1S/C23H23N5O3/c1-3-31-17-10-8-16(9-11-17)18-12-13-22(29)28(27-18)15(2)23(30)24-14-21-25-19-6-4-5-7-20(19)26-21/h4-13,15H,3,14H2,1-2H3,(H,24,30)(H,25,26). The first-order valence-corrected chi connectivity index (χ1v) is 10.1. The van der Waals surface area contributed by atoms with Crippen LogP contribution in [-0.4, -0.2) is 32.3 Å². The van der Waals surface area contributed by atoms with Crippen LogP contribution in [0.5, 0.6) is 5.75 Å². The van der Waals surface area contributed by atoms with Crippen molar-refractivity contribution < 1.29 is 9.53 Å². The summed E-state index contributed by atoms with van der Waals surface area (Å²) in [4.78, 5) is 32.6. The molecule has 0 fully saturated rings. The molecule has 2 aromatic carbocycles. The van der Waals surface area contributed by atoms with Gasteiger partial charge in [-0.15, -0.1) is 0 Å². The van der Waals surface area contributed by atoms with Crippen molar-refractivity contribution in [2.75, 3.05) is 6.61 Å². The summed E-state index contributed by atoms with van der Waals surface area (Å²) in [6.45, 7) is 4.38. The van der Waals surface area contributed by atoms with E-state index < -0.39 is 6.04 Å². The zero-order valence-electron chi connectivity index (χ0n) is 17.3. The number of H-pyrrole nitrogens is 1. The minimum Gasteiger partial charge on any atom is -0.494 e. The Morgan fingerprint density at radius 1 is 1.13 bits per heavy atom. The summed E-state index contributed by atoms with van der Waals surface area (Å²) in [5.74, 6) is 1.09. The number of para-hydroxylation sites is 2. The summed E-state index contributed by atoms with van der Waals surface area (Å²) in [5.41, 5.74) is 2.81. The van der Waals surface area contributed by atoms with Crippen LogP contribution in [0.1, 0.15) is 25.7 Å². The molecule has 0 bridgehead atoms. The van der Waals surface area contributed by atoms with Crippen LogP contribution >= 0.6 is 0 Å². The monoisotopic (exact) mass is 417 g/mol. The molecule has 1 amide bonds. The highest BCUT2D eigenvalue weighted by Gasteiger charge is 2.18. The number of ether oxygens (including phenoxy) is 1. The number of hydrogen-bond donors (Lipinski definition) is 2. The van der Waals surface area contributed by atoms with Gasteiger partial charge in [-0.05, 0) is 56.3 Å². The normalized spacial score (nSPS) is 11.9. The van der Waals surface area contributed by atoms with Crippen molar-refractivity contribution in [1.82, 2.24) is 25.1 Å². The third-order valence-electron chi connectivity index (χ3n) is 4.90. The lowest BCUT2D eigenvalue weighted by atomic mass is 10.1. The van der Waals surface area contributed by atoms with Gasteiger partial charge in [-0.1, -0.05) is 12.1 Å². The topological polar surface area (TPSA) is 102 Å². The third-order valence-corrected chi connectivity index (χ3v) is 4.90. The van der Waals surface area contributed by atoms with Crippen LogP contribution in [0.25, 0.3) is 22.3 Å². The molecule has 2 N–H and O–H groups in total. The average molecular weight is 417 g/mol. The first-order chi connectivity index (χ1) is 15.0. The van der Waals surface area contributed by atoms with E-state index in [9.17, 15) is 9.59 Å². The average Bonchev–Trinajstić information content (AvgIpc) is 3.21. The molecule has 158 valence electrons. The fourth-order valence-corrected chi connectivity index (χ4v) is 3.26. The maximum Gasteiger partial charge on any atom is 0.267 e. The summed E-state index contributed by atoms with van der Waals surface area (Å²) < 4.78 is 6.65. The molecule has 8 nitrogen and oxygen atoms in total. The number of imidazole rings is 1. The molecule has 0 aliphatic heterocycles. The van der Waals surface area contributed by atoms with Gasteiger partial charge in [0.25, 0.3) is 5.56 Å². The van der Waals surface area contributed by atoms with E-state index in [1.807, 2.05) is 55.5 Å². The zero-order valence-corrected chi connectivity index (χ0v) is 17.3. The molecule has 0 aliphatic carbocycles. The molecule has 2 heterocycles. The molecular weight excluding hydrogens is 394 g/mol. The Kier molecular flexibility index (Phi) is 5.79. The lowest BCUT2D eigenvalue weighted by Crippen LogP contribution is -2.36. The van der Waals surface area contributed by atoms with Gasteiger partial charge in [-0.3, -0.25) is 9.59 Å². The molecule has 0 aliphatic rings. The Morgan fingerprint density at radius 3 is 2.65 bits per heavy atom. The largest absolute Gasteiger partial charge is 0.494 e. The van der Waals surface area contributed by atoms with E-state index in [1.54, 1.807) is 13.0 Å². The van der Waals surface area contributed by atoms with Gasteiger partial charge in [-0.2, -0.15) is 5.10 Å². The van der Waals surface area contributed by atoms with Crippen molar-refractivity contribution in [2.45, 2.75) is 26.4 Å². The van der Waals surface area contributed by atoms with Crippen molar-refractivity contribution in [3.05, 3.63) is 76.8 Å². The van der Waals surface area contributed by atoms with E-state index in [4.69, 9.17) is 4.74 Å². The lowest BCUT2D eigenvalue weighted by Gasteiger charge is -2.14. The molecule has 1 unspecified atom stereocenters. The van der Waals surface area contributed by atoms with E-state index >= 15 is 0 Å². The number of hydrogen-bond acceptors (Lipinski definition) is 5. The van der Waals surface area contributed by atoms with E-state index in [0.717, 1.165) is 22.3 Å². The van der Waals surface area contributed by atoms with E-state index in [0.29, 0.717) is 18.1 Å². The zero-order chi connectivity index (χ0) is 21.8. The van der Waals surface area contributed by atoms with Crippen molar-refractivity contribution in [3.8, 4) is 17.0 Å². The highest BCUT2D eigenvalue weighted by atomic mass is 16.5. The molecule has 31 heavy (non-hydrogen) atoms. The highest BCUT2D eigenvalue weighted by molar-refractivity contribution is 5.80. The van der Waals surface area contributed by atoms with Gasteiger partial charge in [0, 0.05) is 11.6 Å². The van der Waals surface area contributed by atoms with Crippen LogP contribution in [-0.2, 0) is 11.3 Å². The van der Waals surface area contributed by atoms with Crippen LogP contribution < -0.4 is 15.6 Å². The molecule has 0 spiro atoms. The Balaban J connectivity index is 1.49. The molecule has 4 rings (SSSR count). The minimum absolute atomic E-state index is 0.227. The number of amides is 1. The predicted octanol–water partition coefficient (Wildman–Crippen LogP) is 3.06. The highest BCUT2D eigenvalue weighted by Crippen LogP contribution is 2.20. The fraction of sp³-hybridized carbons (Fsp3) is 0.217. The van der Waals surface area contributed by atoms with Crippen LogP contribution in [0.15, 0.2) is 65.5 Å². The smallest absolute Gasteiger partial charge is 0.267 e. The number of carbonyl (C=O) groups is 1. The summed E-state index contributed by atoms with van der Waals surface area (Å²) in [6.07, 6.45) is 0. The SMILES string of the molecule is CCOc1ccc(-c2ccc(=O)n(C(C)C(=O)NCc3nc4ccccc4[nH]3)n2)cc1. The maximum atomic E-state index is 12.7. The Hall–Kier alpha value is -3.94. The van der Waals surface area contributed by atoms with E-state index in [-0.39, 0.29) is 18.0 Å². The van der Waals surface area contributed by atoms with Gasteiger partial charge in [0.15, 0.2) is 0 Å². The number of nitrogens with zero attached hydrogens (tertiary/aromatic N) is 3. The van der Waals surface area contributed by atoms with Crippen molar-refractivity contribution in [2.24, 2.45) is 0 Å². The second-order valence-corrected chi connectivity index (χ2v) is 7.05. The molecule has 8 heteroatoms. The summed E-state index contributed by atoms with van der Waals surface area (Å²) in [6, 6.07) is 17.4. The summed E-state index contributed by atoms with van der Waals surface area (Å²) >= 11 is 0. The van der Waals surface area contributed by atoms with Crippen molar-refractivity contribution in [3.63, 3.8) is 0 Å². The quantitative estimate of drug-likeness (QED) is 0.481. The summed E-state index contributed by atoms with van der Waals surface area (Å²) in [5, 5.41) is 7.23. The third kappa shape index (κ3) is 4.48. The Morgan fingerprint density at radius 2 is 1.90 bits per heavy atom. The molecule has 4 aromatic rings. The molecule has 2 aromatic heterocycles. The van der Waals surface area contributed by atoms with Gasteiger partial charge >= 0.3 is 0 Å². The van der Waals surface area contributed by atoms with E-state index in [2.05, 4.69) is 20.4 Å². The number of carbonyl (C=O) groups excluding carboxylic acids is 1. The predicted molar refractivity (Wildman–Crippen MR) is 118 cm³/mol. The van der Waals surface area contributed by atoms with Gasteiger partial charge in [-0.25, -0.2) is 9.67 Å². The first kappa shape index (κ1) is 20.3. The fourth-order valence-electron chi connectivity index (χ4n) is 3.26. The van der Waals surface area contributed by atoms with Crippen LogP contribution in [0.4, 0.5) is 0 Å². The van der Waals surface area contributed by atoms with Gasteiger partial charge in [0.2, 0.25) is 5.91 Å². The lowest BCUT2D eigenvalue weighted by molar-refractivity contribution is -0.124. The Labute approximate surface area is 178 Å². The molecular formula is C23H23N5O3. The van der Waals surface area contributed by atoms with Crippen molar-refractivity contribution >= 4 is 16.9 Å². The maximum absolute atomic E-state index is 12.7. The van der Waals surface area contributed by atoms with Gasteiger partial charge in [0.05, 0.1) is 29.9 Å². The molecule has 0 saturated carbocycles. The second kappa shape index (κ2) is 8.83. The van der Waals surface area contributed by atoms with Crippen molar-refractivity contribution in [1.29, 1.82) is 0 Å². The number of benzene rings is 2. The molecule has 1 atom stereocenters. The summed E-state index contributed by atoms with van der Waals surface area (Å²) in [7, 11) is 0. The van der Waals surface area contributed by atoms with Gasteiger partial charge < -0.3 is 15.0 Å². The number of aromatic nitrogens is 4.